The minimum atomic E-state index is -1.33. The first-order valence-corrected chi connectivity index (χ1v) is 4.03. The fourth-order valence-electron chi connectivity index (χ4n) is 0.540. The van der Waals surface area contributed by atoms with Gasteiger partial charge in [0.25, 0.3) is 0 Å². The van der Waals surface area contributed by atoms with E-state index in [1.54, 1.807) is 0 Å². The molecule has 0 spiro atoms. The number of hydrogen-bond acceptors (Lipinski definition) is 3. The summed E-state index contributed by atoms with van der Waals surface area (Å²) in [6.45, 7) is 6.11. The van der Waals surface area contributed by atoms with E-state index in [4.69, 9.17) is 9.31 Å². The van der Waals surface area contributed by atoms with E-state index >= 15 is 0 Å². The minimum Gasteiger partial charge on any atom is -0.690 e. The van der Waals surface area contributed by atoms with Gasteiger partial charge in [0.2, 0.25) is 0 Å². The highest BCUT2D eigenvalue weighted by atomic mass is 16.6. The van der Waals surface area contributed by atoms with Crippen molar-refractivity contribution in [3.05, 3.63) is 0 Å². The van der Waals surface area contributed by atoms with Gasteiger partial charge in [0.05, 0.1) is 0 Å². The van der Waals surface area contributed by atoms with E-state index in [1.165, 1.54) is 0 Å². The van der Waals surface area contributed by atoms with Gasteiger partial charge < -0.3 is 14.0 Å². The van der Waals surface area contributed by atoms with Gasteiger partial charge in [-0.05, 0) is 27.2 Å². The highest BCUT2D eigenvalue weighted by molar-refractivity contribution is 6.26. The van der Waals surface area contributed by atoms with E-state index in [0.717, 1.165) is 6.42 Å². The largest absolute Gasteiger partial charge is 0.690 e. The van der Waals surface area contributed by atoms with Crippen molar-refractivity contribution in [1.82, 2.24) is 0 Å². The molecule has 0 aromatic heterocycles. The lowest BCUT2D eigenvalue weighted by Crippen LogP contribution is -2.22. The van der Waals surface area contributed by atoms with E-state index in [-0.39, 0.29) is 12.2 Å². The van der Waals surface area contributed by atoms with Crippen LogP contribution in [0.1, 0.15) is 34.1 Å². The number of hydrogen-bond donors (Lipinski definition) is 0. The summed E-state index contributed by atoms with van der Waals surface area (Å²) in [6.07, 6.45) is 0.748. The fourth-order valence-corrected chi connectivity index (χ4v) is 0.540. The van der Waals surface area contributed by atoms with Crippen molar-refractivity contribution in [3.8, 4) is 0 Å². The third-order valence-corrected chi connectivity index (χ3v) is 1.30. The highest BCUT2D eigenvalue weighted by Crippen LogP contribution is 1.97. The normalized spacial score (nSPS) is 12.8. The highest BCUT2D eigenvalue weighted by Gasteiger charge is 2.00. The van der Waals surface area contributed by atoms with Crippen LogP contribution in [-0.4, -0.2) is 19.2 Å². The summed E-state index contributed by atoms with van der Waals surface area (Å²) < 4.78 is 20.6. The van der Waals surface area contributed by atoms with E-state index in [9.17, 15) is 4.70 Å². The predicted molar refractivity (Wildman–Crippen MR) is 43.5 cm³/mol. The molecule has 0 saturated heterocycles. The molecular formula is C7H16BO3-. The van der Waals surface area contributed by atoms with Gasteiger partial charge in [-0.3, -0.25) is 0 Å². The summed E-state index contributed by atoms with van der Waals surface area (Å²) >= 11 is 0. The van der Waals surface area contributed by atoms with Crippen molar-refractivity contribution >= 4 is 6.99 Å². The Kier molecular flexibility index (Phi) is 4.91. The van der Waals surface area contributed by atoms with E-state index in [0.29, 0.717) is 0 Å². The summed E-state index contributed by atoms with van der Waals surface area (Å²) in [4.78, 5) is 0. The summed E-state index contributed by atoms with van der Waals surface area (Å²) in [5, 5.41) is 0. The molecule has 4 heteroatoms. The molecule has 0 fully saturated rings. The van der Waals surface area contributed by atoms with Crippen LogP contribution in [0, 0.1) is 0 Å². The minimum absolute atomic E-state index is 0.0174. The van der Waals surface area contributed by atoms with Gasteiger partial charge in [0.1, 0.15) is 0 Å². The Hall–Kier alpha value is -0.535. The summed E-state index contributed by atoms with van der Waals surface area (Å²) in [6, 6.07) is 0. The fraction of sp³-hybridized carbons (Fsp3) is 1.00. The lowest BCUT2D eigenvalue weighted by atomic mass is 10.2. The van der Waals surface area contributed by atoms with Gasteiger partial charge in [-0.1, -0.05) is 6.92 Å². The van der Waals surface area contributed by atoms with Crippen LogP contribution in [0.2, 0.25) is 0 Å². The zero-order valence-electron chi connectivity index (χ0n) is 7.66. The predicted octanol–water partition coefficient (Wildman–Crippen LogP) is 1.64. The van der Waals surface area contributed by atoms with Crippen LogP contribution in [0.5, 0.6) is 0 Å². The first kappa shape index (κ1) is 10.5. The molecule has 0 amide bonds. The van der Waals surface area contributed by atoms with Crippen LogP contribution in [0.25, 0.3) is 0 Å². The molecule has 11 heavy (non-hydrogen) atoms. The Bertz CT molecular complexity index is 125. The van der Waals surface area contributed by atoms with Gasteiger partial charge in [-0.25, -0.2) is 0 Å². The van der Waals surface area contributed by atoms with Crippen LogP contribution >= 0.6 is 0 Å². The third kappa shape index (κ3) is 5.89. The van der Waals surface area contributed by atoms with E-state index in [1.807, 2.05) is 27.7 Å². The smallest absolute Gasteiger partial charge is 0.512 e. The molecular weight excluding hydrogens is 143 g/mol. The third-order valence-electron chi connectivity index (χ3n) is 1.30. The molecule has 0 radical (unpaired) electrons. The average Bonchev–Trinajstić information content (AvgIpc) is 1.85. The zero-order valence-corrected chi connectivity index (χ0v) is 7.66. The molecule has 0 aromatic carbocycles. The first-order chi connectivity index (χ1) is 5.06. The quantitative estimate of drug-likeness (QED) is 0.572. The van der Waals surface area contributed by atoms with Crippen LogP contribution < -0.4 is 0 Å². The van der Waals surface area contributed by atoms with Crippen molar-refractivity contribution < 1.29 is 14.0 Å². The zero-order chi connectivity index (χ0) is 8.85. The van der Waals surface area contributed by atoms with E-state index in [2.05, 4.69) is 0 Å². The second-order valence-corrected chi connectivity index (χ2v) is 2.83. The second-order valence-electron chi connectivity index (χ2n) is 2.83. The average molecular weight is 159 g/mol. The van der Waals surface area contributed by atoms with Crippen molar-refractivity contribution in [3.63, 3.8) is 0 Å². The Balaban J connectivity index is 3.52. The van der Waals surface area contributed by atoms with Crippen molar-refractivity contribution in [2.24, 2.45) is 0 Å². The second kappa shape index (κ2) is 5.16. The molecule has 0 rings (SSSR count). The summed E-state index contributed by atoms with van der Waals surface area (Å²) in [7, 11) is 0. The molecule has 3 nitrogen and oxygen atoms in total. The van der Waals surface area contributed by atoms with Gasteiger partial charge in [-0.15, -0.1) is 0 Å². The lowest BCUT2D eigenvalue weighted by Gasteiger charge is -2.25. The van der Waals surface area contributed by atoms with Crippen molar-refractivity contribution in [1.29, 1.82) is 0 Å². The molecule has 1 unspecified atom stereocenters. The van der Waals surface area contributed by atoms with Gasteiger partial charge >= 0.3 is 6.99 Å². The van der Waals surface area contributed by atoms with Gasteiger partial charge in [-0.2, -0.15) is 0 Å². The monoisotopic (exact) mass is 159 g/mol. The Morgan fingerprint density at radius 1 is 1.27 bits per heavy atom. The van der Waals surface area contributed by atoms with Crippen LogP contribution in [0.3, 0.4) is 0 Å². The maximum absolute atomic E-state index is 10.9. The Morgan fingerprint density at radius 2 is 1.82 bits per heavy atom. The SMILES string of the molecule is CCC(C)O[B-](=O)OC(C)C. The molecule has 0 saturated carbocycles. The maximum Gasteiger partial charge on any atom is 0.512 e. The first-order valence-electron chi connectivity index (χ1n) is 4.03. The Morgan fingerprint density at radius 3 is 2.18 bits per heavy atom. The molecule has 0 N–H and O–H groups in total. The standard InChI is InChI=1S/C7H16BO3/c1-5-7(4)11-8(9)10-6(2)3/h6-7H,5H2,1-4H3/q-1. The van der Waals surface area contributed by atoms with Gasteiger partial charge in [0.15, 0.2) is 0 Å². The molecule has 0 aromatic rings. The van der Waals surface area contributed by atoms with Gasteiger partial charge in [0, 0.05) is 12.2 Å². The number of rotatable bonds is 5. The lowest BCUT2D eigenvalue weighted by molar-refractivity contribution is 0.100. The topological polar surface area (TPSA) is 35.5 Å². The molecule has 0 aliphatic carbocycles. The summed E-state index contributed by atoms with van der Waals surface area (Å²) in [5.41, 5.74) is 0. The molecule has 0 bridgehead atoms. The molecule has 0 aliphatic rings. The van der Waals surface area contributed by atoms with Crippen molar-refractivity contribution in [2.75, 3.05) is 0 Å². The Labute approximate surface area is 68.2 Å². The van der Waals surface area contributed by atoms with Crippen LogP contribution in [0.4, 0.5) is 0 Å². The van der Waals surface area contributed by atoms with Crippen molar-refractivity contribution in [2.45, 2.75) is 46.3 Å². The van der Waals surface area contributed by atoms with Crippen LogP contribution in [0.15, 0.2) is 0 Å². The van der Waals surface area contributed by atoms with Crippen LogP contribution in [-0.2, 0) is 14.0 Å². The van der Waals surface area contributed by atoms with E-state index < -0.39 is 6.99 Å². The maximum atomic E-state index is 10.9. The molecule has 66 valence electrons. The molecule has 0 heterocycles. The summed E-state index contributed by atoms with van der Waals surface area (Å²) in [5.74, 6) is 0. The molecule has 1 atom stereocenters. The molecule has 0 aliphatic heterocycles.